The molecule has 2 aromatic carbocycles. The number of halogens is 1. The van der Waals surface area contributed by atoms with Crippen LogP contribution in [0.3, 0.4) is 0 Å². The molecule has 0 fully saturated rings. The number of nitriles is 1. The zero-order valence-electron chi connectivity index (χ0n) is 10.3. The predicted octanol–water partition coefficient (Wildman–Crippen LogP) is 2.17. The van der Waals surface area contributed by atoms with Crippen LogP contribution >= 0.6 is 0 Å². The van der Waals surface area contributed by atoms with E-state index in [0.29, 0.717) is 0 Å². The summed E-state index contributed by atoms with van der Waals surface area (Å²) in [6.45, 7) is 0. The Morgan fingerprint density at radius 3 is 2.60 bits per heavy atom. The lowest BCUT2D eigenvalue weighted by molar-refractivity contribution is 0.100. The van der Waals surface area contributed by atoms with Crippen LogP contribution in [-0.4, -0.2) is 5.91 Å². The molecule has 0 atom stereocenters. The van der Waals surface area contributed by atoms with Gasteiger partial charge >= 0.3 is 0 Å². The van der Waals surface area contributed by atoms with Gasteiger partial charge in [-0.2, -0.15) is 5.26 Å². The molecular formula is C14H10FN3O2. The molecule has 0 unspecified atom stereocenters. The van der Waals surface area contributed by atoms with Gasteiger partial charge in [0.05, 0.1) is 5.69 Å². The fourth-order valence-corrected chi connectivity index (χ4v) is 1.61. The SMILES string of the molecule is N#Cc1c(F)cccc1Oc1ccc(C(N)=O)cc1N. The lowest BCUT2D eigenvalue weighted by Crippen LogP contribution is -2.11. The molecule has 0 saturated carbocycles. The van der Waals surface area contributed by atoms with Gasteiger partial charge in [0.15, 0.2) is 0 Å². The van der Waals surface area contributed by atoms with E-state index in [-0.39, 0.29) is 28.3 Å². The van der Waals surface area contributed by atoms with Gasteiger partial charge in [0.25, 0.3) is 0 Å². The van der Waals surface area contributed by atoms with Gasteiger partial charge in [-0.1, -0.05) is 6.07 Å². The molecule has 0 radical (unpaired) electrons. The average Bonchev–Trinajstić information content (AvgIpc) is 2.41. The normalized spacial score (nSPS) is 9.80. The summed E-state index contributed by atoms with van der Waals surface area (Å²) in [5, 5.41) is 8.90. The first kappa shape index (κ1) is 13.4. The number of anilines is 1. The molecule has 0 spiro atoms. The van der Waals surface area contributed by atoms with Crippen LogP contribution in [-0.2, 0) is 0 Å². The molecule has 100 valence electrons. The van der Waals surface area contributed by atoms with Gasteiger partial charge < -0.3 is 16.2 Å². The number of nitrogen functional groups attached to an aromatic ring is 1. The Balaban J connectivity index is 2.39. The lowest BCUT2D eigenvalue weighted by atomic mass is 10.1. The third-order valence-electron chi connectivity index (χ3n) is 2.60. The number of carbonyl (C=O) groups is 1. The van der Waals surface area contributed by atoms with Crippen LogP contribution in [0.1, 0.15) is 15.9 Å². The van der Waals surface area contributed by atoms with Crippen molar-refractivity contribution < 1.29 is 13.9 Å². The van der Waals surface area contributed by atoms with Gasteiger partial charge in [-0.3, -0.25) is 4.79 Å². The quantitative estimate of drug-likeness (QED) is 0.835. The molecule has 5 nitrogen and oxygen atoms in total. The van der Waals surface area contributed by atoms with Crippen molar-refractivity contribution in [3.8, 4) is 17.6 Å². The smallest absolute Gasteiger partial charge is 0.248 e. The molecule has 0 saturated heterocycles. The van der Waals surface area contributed by atoms with Crippen LogP contribution in [0.15, 0.2) is 36.4 Å². The summed E-state index contributed by atoms with van der Waals surface area (Å²) in [6, 6.07) is 9.95. The standard InChI is InChI=1S/C14H10FN3O2/c15-10-2-1-3-12(9(10)7-16)20-13-5-4-8(14(18)19)6-11(13)17/h1-6H,17H2,(H2,18,19). The van der Waals surface area contributed by atoms with Crippen molar-refractivity contribution in [2.24, 2.45) is 5.73 Å². The highest BCUT2D eigenvalue weighted by atomic mass is 19.1. The van der Waals surface area contributed by atoms with Crippen molar-refractivity contribution in [1.29, 1.82) is 5.26 Å². The second-order valence-electron chi connectivity index (χ2n) is 3.94. The number of amides is 1. The van der Waals surface area contributed by atoms with E-state index in [4.69, 9.17) is 21.5 Å². The molecule has 0 aliphatic heterocycles. The Morgan fingerprint density at radius 2 is 2.00 bits per heavy atom. The van der Waals surface area contributed by atoms with E-state index in [2.05, 4.69) is 0 Å². The summed E-state index contributed by atoms with van der Waals surface area (Å²) in [7, 11) is 0. The number of carbonyl (C=O) groups excluding carboxylic acids is 1. The number of benzene rings is 2. The van der Waals surface area contributed by atoms with Crippen LogP contribution in [0.25, 0.3) is 0 Å². The largest absolute Gasteiger partial charge is 0.454 e. The number of nitrogens with zero attached hydrogens (tertiary/aromatic N) is 1. The third kappa shape index (κ3) is 2.52. The third-order valence-corrected chi connectivity index (χ3v) is 2.60. The topological polar surface area (TPSA) is 102 Å². The highest BCUT2D eigenvalue weighted by Crippen LogP contribution is 2.31. The molecule has 0 aliphatic rings. The van der Waals surface area contributed by atoms with Crippen molar-refractivity contribution in [1.82, 2.24) is 0 Å². The van der Waals surface area contributed by atoms with E-state index in [1.54, 1.807) is 6.07 Å². The first-order valence-corrected chi connectivity index (χ1v) is 5.58. The van der Waals surface area contributed by atoms with E-state index in [1.165, 1.54) is 30.3 Å². The van der Waals surface area contributed by atoms with E-state index in [1.807, 2.05) is 0 Å². The fourth-order valence-electron chi connectivity index (χ4n) is 1.61. The van der Waals surface area contributed by atoms with Crippen molar-refractivity contribution >= 4 is 11.6 Å². The maximum absolute atomic E-state index is 13.4. The van der Waals surface area contributed by atoms with Crippen molar-refractivity contribution in [3.63, 3.8) is 0 Å². The summed E-state index contributed by atoms with van der Waals surface area (Å²) in [5.41, 5.74) is 11.0. The average molecular weight is 271 g/mol. The molecule has 0 aliphatic carbocycles. The van der Waals surface area contributed by atoms with Crippen molar-refractivity contribution in [2.75, 3.05) is 5.73 Å². The first-order valence-electron chi connectivity index (χ1n) is 5.58. The van der Waals surface area contributed by atoms with Gasteiger partial charge in [-0.15, -0.1) is 0 Å². The molecular weight excluding hydrogens is 261 g/mol. The Morgan fingerprint density at radius 1 is 1.25 bits per heavy atom. The summed E-state index contributed by atoms with van der Waals surface area (Å²) < 4.78 is 18.8. The minimum Gasteiger partial charge on any atom is -0.454 e. The first-order chi connectivity index (χ1) is 9.52. The van der Waals surface area contributed by atoms with Crippen molar-refractivity contribution in [3.05, 3.63) is 53.3 Å². The van der Waals surface area contributed by atoms with Crippen LogP contribution in [0.4, 0.5) is 10.1 Å². The summed E-state index contributed by atoms with van der Waals surface area (Å²) in [4.78, 5) is 11.0. The van der Waals surface area contributed by atoms with Crippen LogP contribution < -0.4 is 16.2 Å². The summed E-state index contributed by atoms with van der Waals surface area (Å²) in [5.74, 6) is -1.05. The number of rotatable bonds is 3. The van der Waals surface area contributed by atoms with Crippen LogP contribution in [0.5, 0.6) is 11.5 Å². The van der Waals surface area contributed by atoms with E-state index >= 15 is 0 Å². The Hall–Kier alpha value is -3.07. The Kier molecular flexibility index (Phi) is 3.53. The maximum atomic E-state index is 13.4. The number of ether oxygens (including phenoxy) is 1. The minimum atomic E-state index is -0.683. The Bertz CT molecular complexity index is 723. The number of nitrogens with two attached hydrogens (primary N) is 2. The second kappa shape index (κ2) is 5.28. The number of hydrogen-bond acceptors (Lipinski definition) is 4. The molecule has 0 aromatic heterocycles. The molecule has 20 heavy (non-hydrogen) atoms. The van der Waals surface area contributed by atoms with E-state index < -0.39 is 11.7 Å². The molecule has 4 N–H and O–H groups in total. The van der Waals surface area contributed by atoms with E-state index in [0.717, 1.165) is 6.07 Å². The fraction of sp³-hybridized carbons (Fsp3) is 0. The summed E-state index contributed by atoms with van der Waals surface area (Å²) >= 11 is 0. The van der Waals surface area contributed by atoms with E-state index in [9.17, 15) is 9.18 Å². The molecule has 2 rings (SSSR count). The van der Waals surface area contributed by atoms with Gasteiger partial charge in [0, 0.05) is 5.56 Å². The zero-order chi connectivity index (χ0) is 14.7. The highest BCUT2D eigenvalue weighted by molar-refractivity contribution is 5.94. The lowest BCUT2D eigenvalue weighted by Gasteiger charge is -2.10. The van der Waals surface area contributed by atoms with Gasteiger partial charge in [0.1, 0.15) is 28.9 Å². The number of primary amides is 1. The van der Waals surface area contributed by atoms with Gasteiger partial charge in [-0.25, -0.2) is 4.39 Å². The highest BCUT2D eigenvalue weighted by Gasteiger charge is 2.12. The predicted molar refractivity (Wildman–Crippen MR) is 70.6 cm³/mol. The summed E-state index contributed by atoms with van der Waals surface area (Å²) in [6.07, 6.45) is 0. The maximum Gasteiger partial charge on any atom is 0.248 e. The van der Waals surface area contributed by atoms with Crippen LogP contribution in [0.2, 0.25) is 0 Å². The van der Waals surface area contributed by atoms with Crippen LogP contribution in [0, 0.1) is 17.1 Å². The van der Waals surface area contributed by atoms with Gasteiger partial charge in [0.2, 0.25) is 5.91 Å². The van der Waals surface area contributed by atoms with Crippen molar-refractivity contribution in [2.45, 2.75) is 0 Å². The molecule has 1 amide bonds. The monoisotopic (exact) mass is 271 g/mol. The second-order valence-corrected chi connectivity index (χ2v) is 3.94. The molecule has 0 heterocycles. The number of hydrogen-bond donors (Lipinski definition) is 2. The Labute approximate surface area is 114 Å². The van der Waals surface area contributed by atoms with Gasteiger partial charge in [-0.05, 0) is 30.3 Å². The molecule has 2 aromatic rings. The minimum absolute atomic E-state index is 0.0472. The molecule has 6 heteroatoms. The zero-order valence-corrected chi connectivity index (χ0v) is 10.3. The molecule has 0 bridgehead atoms.